The standard InChI is InChI=1S/C20H19ClO4/c1-4-23-20(22)18-16-11-15(24-12(2)3)9-10-17(16)25-19(18)13-5-7-14(21)8-6-13/h5-12H,4H2,1-3H3. The number of hydrogen-bond acceptors (Lipinski definition) is 4. The molecule has 0 aliphatic heterocycles. The second-order valence-corrected chi connectivity index (χ2v) is 6.29. The molecule has 25 heavy (non-hydrogen) atoms. The highest BCUT2D eigenvalue weighted by molar-refractivity contribution is 6.30. The molecule has 5 heteroatoms. The zero-order valence-electron chi connectivity index (χ0n) is 14.3. The fourth-order valence-corrected chi connectivity index (χ4v) is 2.76. The number of fused-ring (bicyclic) bond motifs is 1. The van der Waals surface area contributed by atoms with Crippen molar-refractivity contribution in [3.8, 4) is 17.1 Å². The van der Waals surface area contributed by atoms with Crippen molar-refractivity contribution in [3.63, 3.8) is 0 Å². The van der Waals surface area contributed by atoms with Gasteiger partial charge in [0.1, 0.15) is 22.7 Å². The maximum absolute atomic E-state index is 12.6. The van der Waals surface area contributed by atoms with E-state index >= 15 is 0 Å². The Morgan fingerprint density at radius 3 is 2.52 bits per heavy atom. The Hall–Kier alpha value is -2.46. The van der Waals surface area contributed by atoms with Crippen molar-refractivity contribution in [2.45, 2.75) is 26.9 Å². The minimum Gasteiger partial charge on any atom is -0.491 e. The topological polar surface area (TPSA) is 48.7 Å². The highest BCUT2D eigenvalue weighted by Gasteiger charge is 2.23. The molecule has 0 aliphatic carbocycles. The SMILES string of the molecule is CCOC(=O)c1c(-c2ccc(Cl)cc2)oc2ccc(OC(C)C)cc12. The van der Waals surface area contributed by atoms with Crippen LogP contribution in [0.25, 0.3) is 22.3 Å². The molecule has 0 saturated heterocycles. The van der Waals surface area contributed by atoms with Crippen molar-refractivity contribution in [3.05, 3.63) is 53.1 Å². The number of furan rings is 1. The van der Waals surface area contributed by atoms with Crippen LogP contribution in [0.3, 0.4) is 0 Å². The Kier molecular flexibility index (Phi) is 5.00. The first-order valence-corrected chi connectivity index (χ1v) is 8.53. The summed E-state index contributed by atoms with van der Waals surface area (Å²) in [5.74, 6) is 0.719. The lowest BCUT2D eigenvalue weighted by Gasteiger charge is -2.09. The van der Waals surface area contributed by atoms with Gasteiger partial charge >= 0.3 is 5.97 Å². The van der Waals surface area contributed by atoms with Crippen molar-refractivity contribution < 1.29 is 18.7 Å². The van der Waals surface area contributed by atoms with Gasteiger partial charge in [-0.3, -0.25) is 0 Å². The molecule has 0 N–H and O–H groups in total. The van der Waals surface area contributed by atoms with E-state index in [0.29, 0.717) is 33.1 Å². The van der Waals surface area contributed by atoms with Crippen molar-refractivity contribution in [2.75, 3.05) is 6.61 Å². The Bertz CT molecular complexity index is 894. The largest absolute Gasteiger partial charge is 0.491 e. The van der Waals surface area contributed by atoms with Crippen LogP contribution in [0.4, 0.5) is 0 Å². The smallest absolute Gasteiger partial charge is 0.342 e. The predicted octanol–water partition coefficient (Wildman–Crippen LogP) is 5.72. The number of esters is 1. The van der Waals surface area contributed by atoms with Crippen LogP contribution in [-0.2, 0) is 4.74 Å². The van der Waals surface area contributed by atoms with E-state index in [-0.39, 0.29) is 12.7 Å². The maximum atomic E-state index is 12.6. The number of ether oxygens (including phenoxy) is 2. The van der Waals surface area contributed by atoms with Gasteiger partial charge in [-0.1, -0.05) is 11.6 Å². The minimum atomic E-state index is -0.423. The number of carbonyl (C=O) groups excluding carboxylic acids is 1. The van der Waals surface area contributed by atoms with Gasteiger partial charge in [0.2, 0.25) is 0 Å². The van der Waals surface area contributed by atoms with E-state index in [1.165, 1.54) is 0 Å². The van der Waals surface area contributed by atoms with Gasteiger partial charge in [0, 0.05) is 16.0 Å². The second kappa shape index (κ2) is 7.19. The lowest BCUT2D eigenvalue weighted by atomic mass is 10.1. The predicted molar refractivity (Wildman–Crippen MR) is 98.4 cm³/mol. The van der Waals surface area contributed by atoms with E-state index in [4.69, 9.17) is 25.5 Å². The number of rotatable bonds is 5. The summed E-state index contributed by atoms with van der Waals surface area (Å²) in [6.45, 7) is 5.96. The summed E-state index contributed by atoms with van der Waals surface area (Å²) in [5, 5.41) is 1.28. The zero-order valence-corrected chi connectivity index (χ0v) is 15.1. The summed E-state index contributed by atoms with van der Waals surface area (Å²) < 4.78 is 16.9. The Morgan fingerprint density at radius 2 is 1.88 bits per heavy atom. The molecule has 0 radical (unpaired) electrons. The highest BCUT2D eigenvalue weighted by atomic mass is 35.5. The lowest BCUT2D eigenvalue weighted by molar-refractivity contribution is 0.0529. The second-order valence-electron chi connectivity index (χ2n) is 5.86. The third-order valence-electron chi connectivity index (χ3n) is 3.62. The van der Waals surface area contributed by atoms with Crippen LogP contribution in [0.2, 0.25) is 5.02 Å². The molecule has 3 rings (SSSR count). The van der Waals surface area contributed by atoms with Crippen LogP contribution in [0.1, 0.15) is 31.1 Å². The first kappa shape index (κ1) is 17.4. The van der Waals surface area contributed by atoms with Gasteiger partial charge < -0.3 is 13.9 Å². The first-order valence-electron chi connectivity index (χ1n) is 8.16. The van der Waals surface area contributed by atoms with E-state index in [2.05, 4.69) is 0 Å². The van der Waals surface area contributed by atoms with E-state index in [9.17, 15) is 4.79 Å². The molecule has 2 aromatic carbocycles. The van der Waals surface area contributed by atoms with Crippen LogP contribution in [0.15, 0.2) is 46.9 Å². The molecular weight excluding hydrogens is 340 g/mol. The number of benzene rings is 2. The first-order chi connectivity index (χ1) is 12.0. The average Bonchev–Trinajstić information content (AvgIpc) is 2.94. The molecule has 0 amide bonds. The minimum absolute atomic E-state index is 0.0335. The number of carbonyl (C=O) groups is 1. The molecule has 4 nitrogen and oxygen atoms in total. The molecule has 0 unspecified atom stereocenters. The molecule has 0 aliphatic rings. The molecule has 0 saturated carbocycles. The molecule has 0 bridgehead atoms. The molecule has 0 spiro atoms. The average molecular weight is 359 g/mol. The summed E-state index contributed by atoms with van der Waals surface area (Å²) in [7, 11) is 0. The van der Waals surface area contributed by atoms with Gasteiger partial charge in [-0.05, 0) is 63.2 Å². The molecule has 3 aromatic rings. The molecule has 0 fully saturated rings. The van der Waals surface area contributed by atoms with Crippen LogP contribution in [0.5, 0.6) is 5.75 Å². The van der Waals surface area contributed by atoms with E-state index < -0.39 is 5.97 Å². The summed E-state index contributed by atoms with van der Waals surface area (Å²) in [4.78, 5) is 12.6. The normalized spacial score (nSPS) is 11.1. The van der Waals surface area contributed by atoms with E-state index in [1.807, 2.05) is 38.1 Å². The number of halogens is 1. The Labute approximate surface area is 151 Å². The summed E-state index contributed by atoms with van der Waals surface area (Å²) in [6.07, 6.45) is 0.0335. The summed E-state index contributed by atoms with van der Waals surface area (Å²) in [5.41, 5.74) is 1.76. The monoisotopic (exact) mass is 358 g/mol. The molecule has 1 aromatic heterocycles. The zero-order chi connectivity index (χ0) is 18.0. The quantitative estimate of drug-likeness (QED) is 0.547. The van der Waals surface area contributed by atoms with Gasteiger partial charge in [0.05, 0.1) is 12.7 Å². The van der Waals surface area contributed by atoms with Gasteiger partial charge in [-0.15, -0.1) is 0 Å². The molecular formula is C20H19ClO4. The van der Waals surface area contributed by atoms with Crippen molar-refractivity contribution >= 4 is 28.5 Å². The van der Waals surface area contributed by atoms with Gasteiger partial charge in [-0.25, -0.2) is 4.79 Å². The van der Waals surface area contributed by atoms with Gasteiger partial charge in [-0.2, -0.15) is 0 Å². The Balaban J connectivity index is 2.19. The van der Waals surface area contributed by atoms with Crippen molar-refractivity contribution in [1.82, 2.24) is 0 Å². The summed E-state index contributed by atoms with van der Waals surface area (Å²) in [6, 6.07) is 12.6. The summed E-state index contributed by atoms with van der Waals surface area (Å²) >= 11 is 5.96. The highest BCUT2D eigenvalue weighted by Crippen LogP contribution is 2.36. The fraction of sp³-hybridized carbons (Fsp3) is 0.250. The Morgan fingerprint density at radius 1 is 1.16 bits per heavy atom. The van der Waals surface area contributed by atoms with Gasteiger partial charge in [0.15, 0.2) is 0 Å². The van der Waals surface area contributed by atoms with Crippen LogP contribution >= 0.6 is 11.6 Å². The van der Waals surface area contributed by atoms with Crippen LogP contribution < -0.4 is 4.74 Å². The molecule has 130 valence electrons. The van der Waals surface area contributed by atoms with Crippen molar-refractivity contribution in [1.29, 1.82) is 0 Å². The van der Waals surface area contributed by atoms with E-state index in [0.717, 1.165) is 5.56 Å². The van der Waals surface area contributed by atoms with E-state index in [1.54, 1.807) is 25.1 Å². The van der Waals surface area contributed by atoms with Crippen molar-refractivity contribution in [2.24, 2.45) is 0 Å². The number of hydrogen-bond donors (Lipinski definition) is 0. The lowest BCUT2D eigenvalue weighted by Crippen LogP contribution is -2.06. The van der Waals surface area contributed by atoms with Crippen LogP contribution in [0, 0.1) is 0 Å². The van der Waals surface area contributed by atoms with Crippen LogP contribution in [-0.4, -0.2) is 18.7 Å². The molecule has 1 heterocycles. The fourth-order valence-electron chi connectivity index (χ4n) is 2.63. The third kappa shape index (κ3) is 3.64. The maximum Gasteiger partial charge on any atom is 0.342 e. The van der Waals surface area contributed by atoms with Gasteiger partial charge in [0.25, 0.3) is 0 Å². The third-order valence-corrected chi connectivity index (χ3v) is 3.87. The molecule has 0 atom stereocenters.